The number of anilines is 1. The maximum absolute atomic E-state index is 12.9. The quantitative estimate of drug-likeness (QED) is 0.476. The van der Waals surface area contributed by atoms with E-state index in [1.165, 1.54) is 10.8 Å². The maximum Gasteiger partial charge on any atom is 0.329 e. The minimum Gasteiger partial charge on any atom is -0.318 e. The number of urea groups is 1. The lowest BCUT2D eigenvalue weighted by Gasteiger charge is -2.11. The number of hydrogen-bond acceptors (Lipinski definition) is 4. The summed E-state index contributed by atoms with van der Waals surface area (Å²) < 4.78 is 3.06. The zero-order valence-electron chi connectivity index (χ0n) is 17.5. The Labute approximate surface area is 183 Å². The van der Waals surface area contributed by atoms with Gasteiger partial charge in [0, 0.05) is 7.05 Å². The number of aromatic nitrogens is 2. The summed E-state index contributed by atoms with van der Waals surface area (Å²) in [7, 11) is 1.71. The molecule has 0 saturated carbocycles. The van der Waals surface area contributed by atoms with Crippen LogP contribution in [0.5, 0.6) is 0 Å². The Balaban J connectivity index is 1.52. The number of amides is 4. The summed E-state index contributed by atoms with van der Waals surface area (Å²) in [5.41, 5.74) is 1.68. The highest BCUT2D eigenvalue weighted by Gasteiger charge is 2.35. The van der Waals surface area contributed by atoms with Gasteiger partial charge in [-0.15, -0.1) is 0 Å². The Morgan fingerprint density at radius 2 is 1.62 bits per heavy atom. The molecule has 9 heteroatoms. The maximum atomic E-state index is 12.9. The molecule has 0 spiro atoms. The zero-order valence-corrected chi connectivity index (χ0v) is 17.5. The number of imide groups is 1. The van der Waals surface area contributed by atoms with Crippen molar-refractivity contribution in [1.29, 1.82) is 0 Å². The molecule has 162 valence electrons. The molecule has 1 fully saturated rings. The second-order valence-corrected chi connectivity index (χ2v) is 7.27. The summed E-state index contributed by atoms with van der Waals surface area (Å²) >= 11 is 0. The lowest BCUT2D eigenvalue weighted by Crippen LogP contribution is -2.38. The van der Waals surface area contributed by atoms with Crippen LogP contribution in [0, 0.1) is 6.92 Å². The Hall–Kier alpha value is -4.40. The second kappa shape index (κ2) is 8.38. The van der Waals surface area contributed by atoms with E-state index in [1.807, 2.05) is 24.3 Å². The smallest absolute Gasteiger partial charge is 0.318 e. The monoisotopic (exact) mass is 431 g/mol. The molecule has 0 radical (unpaired) electrons. The highest BCUT2D eigenvalue weighted by Crippen LogP contribution is 2.16. The van der Waals surface area contributed by atoms with Gasteiger partial charge >= 0.3 is 6.03 Å². The van der Waals surface area contributed by atoms with Gasteiger partial charge in [0.05, 0.1) is 11.4 Å². The van der Waals surface area contributed by atoms with E-state index in [0.717, 1.165) is 10.5 Å². The van der Waals surface area contributed by atoms with Crippen molar-refractivity contribution in [3.63, 3.8) is 0 Å². The van der Waals surface area contributed by atoms with E-state index >= 15 is 0 Å². The van der Waals surface area contributed by atoms with Gasteiger partial charge in [0.1, 0.15) is 17.9 Å². The van der Waals surface area contributed by atoms with Crippen LogP contribution in [-0.4, -0.2) is 38.7 Å². The molecule has 3 aromatic rings. The molecule has 2 N–H and O–H groups in total. The first-order valence-electron chi connectivity index (χ1n) is 9.90. The average Bonchev–Trinajstić information content (AvgIpc) is 3.16. The molecule has 1 aromatic heterocycles. The van der Waals surface area contributed by atoms with E-state index in [2.05, 4.69) is 10.6 Å². The molecule has 1 aliphatic rings. The number of nitrogens with one attached hydrogen (secondary N) is 2. The Bertz CT molecular complexity index is 1290. The number of hydrogen-bond donors (Lipinski definition) is 2. The van der Waals surface area contributed by atoms with E-state index in [9.17, 15) is 19.2 Å². The normalized spacial score (nSPS) is 14.7. The first kappa shape index (κ1) is 20.9. The van der Waals surface area contributed by atoms with Gasteiger partial charge < -0.3 is 10.6 Å². The molecular weight excluding hydrogens is 410 g/mol. The molecule has 1 aliphatic heterocycles. The number of nitrogens with zero attached hydrogens (tertiary/aromatic N) is 3. The highest BCUT2D eigenvalue weighted by atomic mass is 16.2. The third kappa shape index (κ3) is 3.83. The van der Waals surface area contributed by atoms with Crippen LogP contribution >= 0.6 is 0 Å². The van der Waals surface area contributed by atoms with Crippen LogP contribution in [0.2, 0.25) is 0 Å². The van der Waals surface area contributed by atoms with Crippen molar-refractivity contribution < 1.29 is 14.4 Å². The highest BCUT2D eigenvalue weighted by molar-refractivity contribution is 6.15. The number of carbonyl (C=O) groups excluding carboxylic acids is 3. The summed E-state index contributed by atoms with van der Waals surface area (Å²) in [6.07, 6.45) is 1.54. The van der Waals surface area contributed by atoms with Crippen LogP contribution in [0.1, 0.15) is 11.3 Å². The number of rotatable bonds is 5. The molecule has 4 rings (SSSR count). The fourth-order valence-corrected chi connectivity index (χ4v) is 3.47. The summed E-state index contributed by atoms with van der Waals surface area (Å²) in [5, 5.41) is 5.03. The molecule has 2 aromatic carbocycles. The van der Waals surface area contributed by atoms with Gasteiger partial charge in [-0.3, -0.25) is 19.1 Å². The van der Waals surface area contributed by atoms with Gasteiger partial charge in [0.25, 0.3) is 11.5 Å². The van der Waals surface area contributed by atoms with E-state index < -0.39 is 29.9 Å². The van der Waals surface area contributed by atoms with Crippen LogP contribution in [0.15, 0.2) is 71.2 Å². The minimum absolute atomic E-state index is 0.0799. The lowest BCUT2D eigenvalue weighted by atomic mass is 10.2. The summed E-state index contributed by atoms with van der Waals surface area (Å²) in [5.74, 6) is -1.26. The second-order valence-electron chi connectivity index (χ2n) is 7.27. The van der Waals surface area contributed by atoms with Crippen LogP contribution in [-0.2, 0) is 16.6 Å². The summed E-state index contributed by atoms with van der Waals surface area (Å²) in [6.45, 7) is 1.18. The van der Waals surface area contributed by atoms with Crippen molar-refractivity contribution in [2.75, 3.05) is 11.9 Å². The SMILES string of the molecule is Cc1c(NC(=O)CN2C(=O)N/C(=C\c3ccccc3)C2=O)c(=O)n(-c2ccccc2)n1C. The Morgan fingerprint density at radius 1 is 1.00 bits per heavy atom. The molecule has 0 atom stereocenters. The van der Waals surface area contributed by atoms with Gasteiger partial charge in [-0.05, 0) is 30.7 Å². The fourth-order valence-electron chi connectivity index (χ4n) is 3.47. The third-order valence-corrected chi connectivity index (χ3v) is 5.19. The topological polar surface area (TPSA) is 105 Å². The zero-order chi connectivity index (χ0) is 22.8. The molecule has 0 unspecified atom stereocenters. The van der Waals surface area contributed by atoms with Gasteiger partial charge in [-0.2, -0.15) is 0 Å². The van der Waals surface area contributed by atoms with Crippen LogP contribution in [0.3, 0.4) is 0 Å². The standard InChI is InChI=1S/C23H21N5O4/c1-15-20(22(31)28(26(15)2)17-11-7-4-8-12-17)25-19(29)14-27-21(30)18(24-23(27)32)13-16-9-5-3-6-10-16/h3-13H,14H2,1-2H3,(H,24,32)(H,25,29)/b18-13-. The molecule has 2 heterocycles. The van der Waals surface area contributed by atoms with Gasteiger partial charge in [0.2, 0.25) is 5.91 Å². The molecule has 4 amide bonds. The van der Waals surface area contributed by atoms with E-state index in [0.29, 0.717) is 11.4 Å². The van der Waals surface area contributed by atoms with Gasteiger partial charge in [-0.25, -0.2) is 14.4 Å². The number of para-hydroxylation sites is 1. The van der Waals surface area contributed by atoms with Gasteiger partial charge in [0.15, 0.2) is 0 Å². The van der Waals surface area contributed by atoms with Crippen molar-refractivity contribution in [1.82, 2.24) is 19.6 Å². The average molecular weight is 431 g/mol. The molecule has 0 bridgehead atoms. The Morgan fingerprint density at radius 3 is 2.28 bits per heavy atom. The summed E-state index contributed by atoms with van der Waals surface area (Å²) in [6, 6.07) is 17.3. The molecular formula is C23H21N5O4. The van der Waals surface area contributed by atoms with Crippen molar-refractivity contribution in [3.8, 4) is 5.69 Å². The first-order valence-corrected chi connectivity index (χ1v) is 9.90. The summed E-state index contributed by atoms with van der Waals surface area (Å²) in [4.78, 5) is 51.2. The molecule has 32 heavy (non-hydrogen) atoms. The van der Waals surface area contributed by atoms with E-state index in [4.69, 9.17) is 0 Å². The third-order valence-electron chi connectivity index (χ3n) is 5.19. The van der Waals surface area contributed by atoms with Gasteiger partial charge in [-0.1, -0.05) is 48.5 Å². The Kier molecular flexibility index (Phi) is 5.46. The molecule has 9 nitrogen and oxygen atoms in total. The predicted molar refractivity (Wildman–Crippen MR) is 119 cm³/mol. The van der Waals surface area contributed by atoms with Crippen LogP contribution in [0.25, 0.3) is 11.8 Å². The number of carbonyl (C=O) groups is 3. The predicted octanol–water partition coefficient (Wildman–Crippen LogP) is 2.02. The van der Waals surface area contributed by atoms with E-state index in [1.54, 1.807) is 55.1 Å². The molecule has 0 aliphatic carbocycles. The largest absolute Gasteiger partial charge is 0.329 e. The van der Waals surface area contributed by atoms with E-state index in [-0.39, 0.29) is 11.4 Å². The first-order chi connectivity index (χ1) is 15.4. The fraction of sp³-hybridized carbons (Fsp3) is 0.130. The van der Waals surface area contributed by atoms with Crippen molar-refractivity contribution in [3.05, 3.63) is 88.0 Å². The van der Waals surface area contributed by atoms with Crippen LogP contribution in [0.4, 0.5) is 10.5 Å². The molecule has 1 saturated heterocycles. The lowest BCUT2D eigenvalue weighted by molar-refractivity contribution is -0.127. The van der Waals surface area contributed by atoms with Crippen LogP contribution < -0.4 is 16.2 Å². The number of benzene rings is 2. The minimum atomic E-state index is -0.696. The van der Waals surface area contributed by atoms with Crippen molar-refractivity contribution in [2.24, 2.45) is 7.05 Å². The van der Waals surface area contributed by atoms with Crippen molar-refractivity contribution in [2.45, 2.75) is 6.92 Å². The van der Waals surface area contributed by atoms with Crippen molar-refractivity contribution >= 4 is 29.6 Å².